The normalized spacial score (nSPS) is 13.9. The van der Waals surface area contributed by atoms with Crippen LogP contribution < -0.4 is 5.32 Å². The monoisotopic (exact) mass is 390 g/mol. The molecular formula is C23H16F2N2O2. The van der Waals surface area contributed by atoms with Gasteiger partial charge in [0, 0.05) is 5.69 Å². The highest BCUT2D eigenvalue weighted by Gasteiger charge is 2.39. The maximum atomic E-state index is 13.6. The highest BCUT2D eigenvalue weighted by atomic mass is 19.1. The second-order valence-electron chi connectivity index (χ2n) is 6.57. The Kier molecular flexibility index (Phi) is 4.91. The molecule has 0 aromatic heterocycles. The predicted molar refractivity (Wildman–Crippen MR) is 105 cm³/mol. The van der Waals surface area contributed by atoms with E-state index in [1.54, 1.807) is 36.4 Å². The van der Waals surface area contributed by atoms with Gasteiger partial charge in [-0.3, -0.25) is 14.5 Å². The van der Waals surface area contributed by atoms with Crippen molar-refractivity contribution in [2.24, 2.45) is 0 Å². The molecule has 29 heavy (non-hydrogen) atoms. The van der Waals surface area contributed by atoms with E-state index in [0.29, 0.717) is 16.8 Å². The molecule has 1 heterocycles. The molecule has 0 radical (unpaired) electrons. The standard InChI is InChI=1S/C23H16F2N2O2/c24-17-11-9-15(10-12-17)14-27-22(28)20(16-5-2-1-3-6-16)21(23(27)29)26-19-8-4-7-18(25)13-19/h1-13,26H,14H2. The summed E-state index contributed by atoms with van der Waals surface area (Å²) in [4.78, 5) is 27.3. The largest absolute Gasteiger partial charge is 0.350 e. The molecule has 1 N–H and O–H groups in total. The van der Waals surface area contributed by atoms with Crippen LogP contribution in [-0.2, 0) is 16.1 Å². The number of rotatable bonds is 5. The minimum absolute atomic E-state index is 0.00259. The topological polar surface area (TPSA) is 49.4 Å². The number of halogens is 2. The van der Waals surface area contributed by atoms with Gasteiger partial charge in [-0.2, -0.15) is 0 Å². The van der Waals surface area contributed by atoms with Crippen LogP contribution in [-0.4, -0.2) is 16.7 Å². The summed E-state index contributed by atoms with van der Waals surface area (Å²) >= 11 is 0. The summed E-state index contributed by atoms with van der Waals surface area (Å²) in [5.41, 5.74) is 1.84. The minimum atomic E-state index is -0.526. The van der Waals surface area contributed by atoms with Gasteiger partial charge >= 0.3 is 0 Å². The van der Waals surface area contributed by atoms with Crippen LogP contribution >= 0.6 is 0 Å². The van der Waals surface area contributed by atoms with Crippen LogP contribution in [0.15, 0.2) is 84.6 Å². The van der Waals surface area contributed by atoms with Crippen molar-refractivity contribution in [1.82, 2.24) is 4.90 Å². The molecular weight excluding hydrogens is 374 g/mol. The first kappa shape index (κ1) is 18.6. The molecule has 0 atom stereocenters. The van der Waals surface area contributed by atoms with E-state index in [-0.39, 0.29) is 17.8 Å². The molecule has 144 valence electrons. The van der Waals surface area contributed by atoms with Crippen molar-refractivity contribution in [3.63, 3.8) is 0 Å². The lowest BCUT2D eigenvalue weighted by atomic mass is 10.0. The first-order valence-corrected chi connectivity index (χ1v) is 8.96. The van der Waals surface area contributed by atoms with Crippen LogP contribution in [0.4, 0.5) is 14.5 Å². The van der Waals surface area contributed by atoms with Gasteiger partial charge < -0.3 is 5.32 Å². The van der Waals surface area contributed by atoms with Crippen LogP contribution in [0, 0.1) is 11.6 Å². The van der Waals surface area contributed by atoms with Gasteiger partial charge in [0.1, 0.15) is 17.3 Å². The fourth-order valence-electron chi connectivity index (χ4n) is 3.19. The number of carbonyl (C=O) groups excluding carboxylic acids is 2. The number of anilines is 1. The summed E-state index contributed by atoms with van der Waals surface area (Å²) in [6.45, 7) is 0.00259. The quantitative estimate of drug-likeness (QED) is 0.659. The van der Waals surface area contributed by atoms with Crippen molar-refractivity contribution in [3.8, 4) is 0 Å². The number of benzene rings is 3. The van der Waals surface area contributed by atoms with E-state index in [4.69, 9.17) is 0 Å². The molecule has 3 aromatic rings. The zero-order chi connectivity index (χ0) is 20.4. The highest BCUT2D eigenvalue weighted by molar-refractivity contribution is 6.36. The van der Waals surface area contributed by atoms with Gasteiger partial charge in [0.15, 0.2) is 0 Å². The van der Waals surface area contributed by atoms with Crippen molar-refractivity contribution in [3.05, 3.63) is 107 Å². The molecule has 0 fully saturated rings. The Labute approximate surface area is 166 Å². The van der Waals surface area contributed by atoms with E-state index < -0.39 is 23.4 Å². The number of nitrogens with one attached hydrogen (secondary N) is 1. The van der Waals surface area contributed by atoms with Gasteiger partial charge in [0.05, 0.1) is 12.1 Å². The summed E-state index contributed by atoms with van der Waals surface area (Å²) in [6.07, 6.45) is 0. The van der Waals surface area contributed by atoms with Gasteiger partial charge in [-0.05, 0) is 41.5 Å². The van der Waals surface area contributed by atoms with Crippen molar-refractivity contribution in [2.45, 2.75) is 6.54 Å². The van der Waals surface area contributed by atoms with E-state index in [1.165, 1.54) is 42.5 Å². The molecule has 0 saturated carbocycles. The third-order valence-corrected chi connectivity index (χ3v) is 4.58. The SMILES string of the molecule is O=C1C(Nc2cccc(F)c2)=C(c2ccccc2)C(=O)N1Cc1ccc(F)cc1. The first-order chi connectivity index (χ1) is 14.0. The molecule has 4 rings (SSSR count). The number of amides is 2. The van der Waals surface area contributed by atoms with E-state index in [2.05, 4.69) is 5.32 Å². The molecule has 0 aliphatic carbocycles. The zero-order valence-corrected chi connectivity index (χ0v) is 15.2. The molecule has 1 aliphatic heterocycles. The molecule has 0 bridgehead atoms. The molecule has 0 saturated heterocycles. The Balaban J connectivity index is 1.72. The van der Waals surface area contributed by atoms with E-state index in [9.17, 15) is 18.4 Å². The van der Waals surface area contributed by atoms with Crippen molar-refractivity contribution in [1.29, 1.82) is 0 Å². The summed E-state index contributed by atoms with van der Waals surface area (Å²) in [5.74, 6) is -1.85. The fraction of sp³-hybridized carbons (Fsp3) is 0.0435. The Morgan fingerprint density at radius 1 is 0.759 bits per heavy atom. The molecule has 0 spiro atoms. The molecule has 6 heteroatoms. The summed E-state index contributed by atoms with van der Waals surface area (Å²) in [5, 5.41) is 2.90. The third-order valence-electron chi connectivity index (χ3n) is 4.58. The fourth-order valence-corrected chi connectivity index (χ4v) is 3.19. The summed E-state index contributed by atoms with van der Waals surface area (Å²) in [7, 11) is 0. The Hall–Kier alpha value is -3.80. The molecule has 1 aliphatic rings. The van der Waals surface area contributed by atoms with Gasteiger partial charge in [-0.25, -0.2) is 8.78 Å². The van der Waals surface area contributed by atoms with Crippen LogP contribution in [0.5, 0.6) is 0 Å². The second kappa shape index (κ2) is 7.67. The van der Waals surface area contributed by atoms with Gasteiger partial charge in [-0.15, -0.1) is 0 Å². The minimum Gasteiger partial charge on any atom is -0.350 e. The van der Waals surface area contributed by atoms with Crippen molar-refractivity contribution in [2.75, 3.05) is 5.32 Å². The smallest absolute Gasteiger partial charge is 0.278 e. The first-order valence-electron chi connectivity index (χ1n) is 8.96. The van der Waals surface area contributed by atoms with Crippen molar-refractivity contribution < 1.29 is 18.4 Å². The van der Waals surface area contributed by atoms with Gasteiger partial charge in [0.25, 0.3) is 11.8 Å². The maximum absolute atomic E-state index is 13.6. The zero-order valence-electron chi connectivity index (χ0n) is 15.2. The maximum Gasteiger partial charge on any atom is 0.278 e. The Morgan fingerprint density at radius 3 is 2.17 bits per heavy atom. The lowest BCUT2D eigenvalue weighted by Gasteiger charge is -2.15. The highest BCUT2D eigenvalue weighted by Crippen LogP contribution is 2.31. The van der Waals surface area contributed by atoms with E-state index >= 15 is 0 Å². The number of carbonyl (C=O) groups is 2. The third kappa shape index (κ3) is 3.78. The van der Waals surface area contributed by atoms with Crippen LogP contribution in [0.3, 0.4) is 0 Å². The Bertz CT molecular complexity index is 1110. The summed E-state index contributed by atoms with van der Waals surface area (Å²) in [6, 6.07) is 20.1. The number of imide groups is 1. The van der Waals surface area contributed by atoms with E-state index in [0.717, 1.165) is 4.90 Å². The van der Waals surface area contributed by atoms with Gasteiger partial charge in [0.2, 0.25) is 0 Å². The molecule has 3 aromatic carbocycles. The second-order valence-corrected chi connectivity index (χ2v) is 6.57. The average Bonchev–Trinajstić information content (AvgIpc) is 2.94. The number of nitrogens with zero attached hydrogens (tertiary/aromatic N) is 1. The van der Waals surface area contributed by atoms with Crippen LogP contribution in [0.1, 0.15) is 11.1 Å². The Morgan fingerprint density at radius 2 is 1.48 bits per heavy atom. The molecule has 2 amide bonds. The predicted octanol–water partition coefficient (Wildman–Crippen LogP) is 4.36. The number of hydrogen-bond acceptors (Lipinski definition) is 3. The molecule has 0 unspecified atom stereocenters. The summed E-state index contributed by atoms with van der Waals surface area (Å²) < 4.78 is 26.8. The lowest BCUT2D eigenvalue weighted by molar-refractivity contribution is -0.137. The van der Waals surface area contributed by atoms with Crippen LogP contribution in [0.2, 0.25) is 0 Å². The lowest BCUT2D eigenvalue weighted by Crippen LogP contribution is -2.32. The van der Waals surface area contributed by atoms with Gasteiger partial charge in [-0.1, -0.05) is 48.5 Å². The van der Waals surface area contributed by atoms with Crippen molar-refractivity contribution >= 4 is 23.1 Å². The number of hydrogen-bond donors (Lipinski definition) is 1. The van der Waals surface area contributed by atoms with Crippen LogP contribution in [0.25, 0.3) is 5.57 Å². The average molecular weight is 390 g/mol. The molecule has 4 nitrogen and oxygen atoms in total. The van der Waals surface area contributed by atoms with E-state index in [1.807, 2.05) is 0 Å².